The minimum Gasteiger partial charge on any atom is -0.360 e. The monoisotopic (exact) mass is 262 g/mol. The van der Waals surface area contributed by atoms with Crippen LogP contribution >= 0.6 is 12.4 Å². The van der Waals surface area contributed by atoms with Crippen molar-refractivity contribution in [1.29, 1.82) is 0 Å². The Labute approximate surface area is 111 Å². The SMILES string of the molecule is CN(C)c1ncc(-c2c[nH]c3ccccc23)[nH]1.Cl. The fourth-order valence-electron chi connectivity index (χ4n) is 1.97. The molecule has 0 aliphatic rings. The summed E-state index contributed by atoms with van der Waals surface area (Å²) in [5, 5.41) is 1.21. The molecule has 2 heterocycles. The lowest BCUT2D eigenvalue weighted by Crippen LogP contribution is -2.09. The fraction of sp³-hybridized carbons (Fsp3) is 0.154. The number of rotatable bonds is 2. The van der Waals surface area contributed by atoms with E-state index < -0.39 is 0 Å². The summed E-state index contributed by atoms with van der Waals surface area (Å²) in [5.74, 6) is 0.866. The van der Waals surface area contributed by atoms with Crippen LogP contribution in [0, 0.1) is 0 Å². The number of nitrogens with zero attached hydrogens (tertiary/aromatic N) is 2. The van der Waals surface area contributed by atoms with Crippen molar-refractivity contribution >= 4 is 29.3 Å². The quantitative estimate of drug-likeness (QED) is 0.746. The van der Waals surface area contributed by atoms with Gasteiger partial charge in [0, 0.05) is 36.8 Å². The highest BCUT2D eigenvalue weighted by Crippen LogP contribution is 2.27. The molecule has 4 nitrogen and oxygen atoms in total. The number of aromatic nitrogens is 3. The Balaban J connectivity index is 0.00000120. The average molecular weight is 263 g/mol. The summed E-state index contributed by atoms with van der Waals surface area (Å²) in [7, 11) is 3.94. The van der Waals surface area contributed by atoms with E-state index in [4.69, 9.17) is 0 Å². The maximum Gasteiger partial charge on any atom is 0.202 e. The molecule has 0 amide bonds. The molecule has 0 saturated carbocycles. The molecule has 94 valence electrons. The van der Waals surface area contributed by atoms with E-state index in [0.29, 0.717) is 0 Å². The molecule has 0 fully saturated rings. The first-order chi connectivity index (χ1) is 8.25. The second-order valence-corrected chi connectivity index (χ2v) is 4.26. The first-order valence-corrected chi connectivity index (χ1v) is 5.54. The maximum absolute atomic E-state index is 4.33. The molecule has 0 saturated heterocycles. The van der Waals surface area contributed by atoms with Crippen molar-refractivity contribution in [2.24, 2.45) is 0 Å². The molecule has 0 spiro atoms. The van der Waals surface area contributed by atoms with Gasteiger partial charge in [-0.1, -0.05) is 18.2 Å². The Morgan fingerprint density at radius 3 is 2.67 bits per heavy atom. The number of H-pyrrole nitrogens is 2. The summed E-state index contributed by atoms with van der Waals surface area (Å²) in [4.78, 5) is 12.9. The van der Waals surface area contributed by atoms with E-state index in [0.717, 1.165) is 22.7 Å². The standard InChI is InChI=1S/C13H14N4.ClH/c1-17(2)13-15-8-12(16-13)10-7-14-11-6-4-3-5-9(10)11;/h3-8,14H,1-2H3,(H,15,16);1H. The molecule has 0 radical (unpaired) electrons. The summed E-state index contributed by atoms with van der Waals surface area (Å²) in [6, 6.07) is 8.25. The van der Waals surface area contributed by atoms with Crippen LogP contribution in [0.15, 0.2) is 36.7 Å². The second-order valence-electron chi connectivity index (χ2n) is 4.26. The molecule has 5 heteroatoms. The molecule has 0 aliphatic carbocycles. The number of benzene rings is 1. The van der Waals surface area contributed by atoms with Crippen molar-refractivity contribution in [2.45, 2.75) is 0 Å². The van der Waals surface area contributed by atoms with Crippen LogP contribution in [0.4, 0.5) is 5.95 Å². The van der Waals surface area contributed by atoms with Crippen LogP contribution in [0.1, 0.15) is 0 Å². The number of fused-ring (bicyclic) bond motifs is 1. The van der Waals surface area contributed by atoms with Gasteiger partial charge in [0.2, 0.25) is 5.95 Å². The van der Waals surface area contributed by atoms with Gasteiger partial charge in [0.1, 0.15) is 0 Å². The van der Waals surface area contributed by atoms with Gasteiger partial charge in [-0.15, -0.1) is 12.4 Å². The molecule has 2 N–H and O–H groups in total. The van der Waals surface area contributed by atoms with Crippen molar-refractivity contribution in [3.8, 4) is 11.3 Å². The highest BCUT2D eigenvalue weighted by atomic mass is 35.5. The Hall–Kier alpha value is -1.94. The highest BCUT2D eigenvalue weighted by Gasteiger charge is 2.08. The van der Waals surface area contributed by atoms with Gasteiger partial charge in [-0.05, 0) is 6.07 Å². The fourth-order valence-corrected chi connectivity index (χ4v) is 1.97. The normalized spacial score (nSPS) is 10.3. The van der Waals surface area contributed by atoms with E-state index in [9.17, 15) is 0 Å². The maximum atomic E-state index is 4.33. The van der Waals surface area contributed by atoms with Crippen LogP contribution < -0.4 is 4.90 Å². The number of hydrogen-bond donors (Lipinski definition) is 2. The third-order valence-corrected chi connectivity index (χ3v) is 2.87. The van der Waals surface area contributed by atoms with Gasteiger partial charge in [0.15, 0.2) is 0 Å². The number of anilines is 1. The average Bonchev–Trinajstić information content (AvgIpc) is 2.95. The van der Waals surface area contributed by atoms with Gasteiger partial charge < -0.3 is 14.9 Å². The van der Waals surface area contributed by atoms with Gasteiger partial charge in [-0.25, -0.2) is 4.98 Å². The van der Waals surface area contributed by atoms with Crippen LogP contribution in [0.2, 0.25) is 0 Å². The Kier molecular flexibility index (Phi) is 3.30. The van der Waals surface area contributed by atoms with Gasteiger partial charge in [-0.3, -0.25) is 0 Å². The Morgan fingerprint density at radius 2 is 1.94 bits per heavy atom. The number of aromatic amines is 2. The first-order valence-electron chi connectivity index (χ1n) is 5.54. The Morgan fingerprint density at radius 1 is 1.17 bits per heavy atom. The topological polar surface area (TPSA) is 47.7 Å². The third kappa shape index (κ3) is 1.95. The van der Waals surface area contributed by atoms with Crippen molar-refractivity contribution in [1.82, 2.24) is 15.0 Å². The van der Waals surface area contributed by atoms with Crippen LogP contribution in [0.3, 0.4) is 0 Å². The molecule has 2 aromatic heterocycles. The second kappa shape index (κ2) is 4.74. The van der Waals surface area contributed by atoms with Crippen molar-refractivity contribution in [2.75, 3.05) is 19.0 Å². The number of hydrogen-bond acceptors (Lipinski definition) is 2. The molecule has 0 bridgehead atoms. The van der Waals surface area contributed by atoms with Crippen LogP contribution in [0.25, 0.3) is 22.2 Å². The Bertz CT molecular complexity index is 654. The van der Waals surface area contributed by atoms with Crippen molar-refractivity contribution < 1.29 is 0 Å². The van der Waals surface area contributed by atoms with E-state index in [1.807, 2.05) is 43.5 Å². The van der Waals surface area contributed by atoms with E-state index in [1.54, 1.807) is 0 Å². The van der Waals surface area contributed by atoms with E-state index in [1.165, 1.54) is 5.39 Å². The van der Waals surface area contributed by atoms with E-state index in [-0.39, 0.29) is 12.4 Å². The largest absolute Gasteiger partial charge is 0.360 e. The summed E-state index contributed by atoms with van der Waals surface area (Å²) in [6.45, 7) is 0. The summed E-state index contributed by atoms with van der Waals surface area (Å²) in [6.07, 6.45) is 3.88. The molecule has 18 heavy (non-hydrogen) atoms. The van der Waals surface area contributed by atoms with Gasteiger partial charge in [0.25, 0.3) is 0 Å². The zero-order valence-electron chi connectivity index (χ0n) is 10.3. The zero-order chi connectivity index (χ0) is 11.8. The van der Waals surface area contributed by atoms with Crippen LogP contribution in [-0.4, -0.2) is 29.0 Å². The predicted molar refractivity (Wildman–Crippen MR) is 77.5 cm³/mol. The summed E-state index contributed by atoms with van der Waals surface area (Å²) in [5.41, 5.74) is 3.33. The van der Waals surface area contributed by atoms with Gasteiger partial charge >= 0.3 is 0 Å². The minimum absolute atomic E-state index is 0. The van der Waals surface area contributed by atoms with Crippen molar-refractivity contribution in [3.63, 3.8) is 0 Å². The molecule has 3 aromatic rings. The van der Waals surface area contributed by atoms with E-state index in [2.05, 4.69) is 27.1 Å². The smallest absolute Gasteiger partial charge is 0.202 e. The molecule has 0 unspecified atom stereocenters. The van der Waals surface area contributed by atoms with Crippen LogP contribution in [0.5, 0.6) is 0 Å². The predicted octanol–water partition coefficient (Wildman–Crippen LogP) is 3.05. The molecule has 1 aromatic carbocycles. The molecule has 0 atom stereocenters. The number of para-hydroxylation sites is 1. The number of imidazole rings is 1. The summed E-state index contributed by atoms with van der Waals surface area (Å²) < 4.78 is 0. The van der Waals surface area contributed by atoms with Gasteiger partial charge in [0.05, 0.1) is 11.9 Å². The first kappa shape index (κ1) is 12.5. The van der Waals surface area contributed by atoms with Gasteiger partial charge in [-0.2, -0.15) is 0 Å². The lowest BCUT2D eigenvalue weighted by Gasteiger charge is -2.06. The third-order valence-electron chi connectivity index (χ3n) is 2.87. The lowest BCUT2D eigenvalue weighted by molar-refractivity contribution is 1.04. The molecule has 0 aliphatic heterocycles. The molecular weight excluding hydrogens is 248 g/mol. The van der Waals surface area contributed by atoms with Crippen LogP contribution in [-0.2, 0) is 0 Å². The summed E-state index contributed by atoms with van der Waals surface area (Å²) >= 11 is 0. The molecular formula is C13H15ClN4. The minimum atomic E-state index is 0. The highest BCUT2D eigenvalue weighted by molar-refractivity contribution is 5.94. The number of halogens is 1. The van der Waals surface area contributed by atoms with Crippen molar-refractivity contribution in [3.05, 3.63) is 36.7 Å². The number of nitrogens with one attached hydrogen (secondary N) is 2. The molecule has 3 rings (SSSR count). The van der Waals surface area contributed by atoms with E-state index >= 15 is 0 Å². The zero-order valence-corrected chi connectivity index (χ0v) is 11.1. The lowest BCUT2D eigenvalue weighted by atomic mass is 10.1.